The number of nitrogens with zero attached hydrogens (tertiary/aromatic N) is 1. The van der Waals surface area contributed by atoms with E-state index in [4.69, 9.17) is 19.9 Å². The number of nitriles is 1. The Morgan fingerprint density at radius 2 is 2.15 bits per heavy atom. The molecule has 1 heterocycles. The van der Waals surface area contributed by atoms with Crippen LogP contribution in [0.2, 0.25) is 0 Å². The minimum atomic E-state index is -0.663. The molecular formula is C19H21BrN2O4. The molecule has 0 saturated carbocycles. The van der Waals surface area contributed by atoms with Crippen LogP contribution >= 0.6 is 15.9 Å². The molecule has 1 aliphatic rings. The van der Waals surface area contributed by atoms with Gasteiger partial charge in [0.25, 0.3) is 0 Å². The van der Waals surface area contributed by atoms with Gasteiger partial charge in [-0.1, -0.05) is 13.0 Å². The summed E-state index contributed by atoms with van der Waals surface area (Å²) in [5, 5.41) is 9.57. The molecule has 0 spiro atoms. The van der Waals surface area contributed by atoms with E-state index in [9.17, 15) is 10.1 Å². The summed E-state index contributed by atoms with van der Waals surface area (Å²) in [7, 11) is 0. The van der Waals surface area contributed by atoms with Crippen molar-refractivity contribution in [2.24, 2.45) is 5.73 Å². The number of ether oxygens (including phenoxy) is 3. The molecule has 2 N–H and O–H groups in total. The first-order valence-electron chi connectivity index (χ1n) is 8.32. The molecule has 1 atom stereocenters. The number of carbonyl (C=O) groups excluding carboxylic acids is 1. The maximum atomic E-state index is 12.5. The number of hydrogen-bond acceptors (Lipinski definition) is 6. The van der Waals surface area contributed by atoms with E-state index >= 15 is 0 Å². The molecule has 138 valence electrons. The first-order chi connectivity index (χ1) is 12.4. The van der Waals surface area contributed by atoms with Gasteiger partial charge in [-0.25, -0.2) is 4.79 Å². The molecule has 0 radical (unpaired) electrons. The SMILES string of the molecule is CCCOc1ccc(C2C(C#N)=C(N)OC(C)=C2C(=O)OCC)cc1Br. The predicted octanol–water partition coefficient (Wildman–Crippen LogP) is 3.88. The van der Waals surface area contributed by atoms with Gasteiger partial charge in [-0.15, -0.1) is 0 Å². The van der Waals surface area contributed by atoms with Crippen LogP contribution in [-0.2, 0) is 14.3 Å². The topological polar surface area (TPSA) is 94.6 Å². The molecule has 2 rings (SSSR count). The Bertz CT molecular complexity index is 808. The second kappa shape index (κ2) is 8.77. The van der Waals surface area contributed by atoms with E-state index in [0.29, 0.717) is 23.7 Å². The van der Waals surface area contributed by atoms with Gasteiger partial charge in [0.05, 0.1) is 29.2 Å². The lowest BCUT2D eigenvalue weighted by atomic mass is 9.83. The monoisotopic (exact) mass is 420 g/mol. The molecule has 7 heteroatoms. The van der Waals surface area contributed by atoms with Gasteiger partial charge in [-0.3, -0.25) is 0 Å². The highest BCUT2D eigenvalue weighted by Crippen LogP contribution is 2.41. The molecule has 1 aliphatic heterocycles. The second-order valence-corrected chi connectivity index (χ2v) is 6.51. The Morgan fingerprint density at radius 3 is 2.73 bits per heavy atom. The summed E-state index contributed by atoms with van der Waals surface area (Å²) in [6.07, 6.45) is 0.890. The number of rotatable bonds is 6. The van der Waals surface area contributed by atoms with E-state index in [-0.39, 0.29) is 23.6 Å². The number of benzene rings is 1. The lowest BCUT2D eigenvalue weighted by Crippen LogP contribution is -2.25. The Morgan fingerprint density at radius 1 is 1.42 bits per heavy atom. The van der Waals surface area contributed by atoms with Crippen molar-refractivity contribution in [2.75, 3.05) is 13.2 Å². The molecule has 0 aliphatic carbocycles. The quantitative estimate of drug-likeness (QED) is 0.701. The van der Waals surface area contributed by atoms with Gasteiger partial charge in [0.2, 0.25) is 5.88 Å². The number of allylic oxidation sites excluding steroid dienone is 2. The van der Waals surface area contributed by atoms with E-state index in [1.165, 1.54) is 0 Å². The standard InChI is InChI=1S/C19H21BrN2O4/c1-4-8-25-15-7-6-12(9-14(15)20)17-13(10-21)18(22)26-11(3)16(17)19(23)24-5-2/h6-7,9,17H,4-5,8,22H2,1-3H3. The fourth-order valence-electron chi connectivity index (χ4n) is 2.71. The van der Waals surface area contributed by atoms with Crippen molar-refractivity contribution in [3.05, 3.63) is 51.0 Å². The van der Waals surface area contributed by atoms with Crippen molar-refractivity contribution in [1.29, 1.82) is 5.26 Å². The minimum Gasteiger partial charge on any atom is -0.492 e. The average Bonchev–Trinajstić information content (AvgIpc) is 2.60. The number of esters is 1. The molecule has 0 fully saturated rings. The van der Waals surface area contributed by atoms with Crippen molar-refractivity contribution in [3.8, 4) is 11.8 Å². The molecule has 1 aromatic carbocycles. The van der Waals surface area contributed by atoms with E-state index in [2.05, 4.69) is 22.0 Å². The molecule has 0 aromatic heterocycles. The molecule has 26 heavy (non-hydrogen) atoms. The highest BCUT2D eigenvalue weighted by molar-refractivity contribution is 9.10. The van der Waals surface area contributed by atoms with E-state index in [1.807, 2.05) is 19.1 Å². The summed E-state index contributed by atoms with van der Waals surface area (Å²) < 4.78 is 16.9. The molecule has 1 unspecified atom stereocenters. The van der Waals surface area contributed by atoms with Crippen LogP contribution < -0.4 is 10.5 Å². The zero-order valence-electron chi connectivity index (χ0n) is 15.0. The van der Waals surface area contributed by atoms with E-state index in [0.717, 1.165) is 10.9 Å². The largest absolute Gasteiger partial charge is 0.492 e. The molecular weight excluding hydrogens is 400 g/mol. The predicted molar refractivity (Wildman–Crippen MR) is 99.9 cm³/mol. The Kier molecular flexibility index (Phi) is 6.70. The van der Waals surface area contributed by atoms with Crippen molar-refractivity contribution >= 4 is 21.9 Å². The number of hydrogen-bond donors (Lipinski definition) is 1. The summed E-state index contributed by atoms with van der Waals surface area (Å²) in [5.74, 6) is -0.184. The van der Waals surface area contributed by atoms with E-state index < -0.39 is 11.9 Å². The number of halogens is 1. The summed E-state index contributed by atoms with van der Waals surface area (Å²) in [4.78, 5) is 12.5. The van der Waals surface area contributed by atoms with Crippen LogP contribution in [0.3, 0.4) is 0 Å². The van der Waals surface area contributed by atoms with Crippen molar-refractivity contribution in [3.63, 3.8) is 0 Å². The number of nitrogens with two attached hydrogens (primary N) is 1. The minimum absolute atomic E-state index is 0.00881. The molecule has 0 saturated heterocycles. The smallest absolute Gasteiger partial charge is 0.338 e. The zero-order valence-corrected chi connectivity index (χ0v) is 16.6. The normalized spacial score (nSPS) is 16.8. The molecule has 1 aromatic rings. The zero-order chi connectivity index (χ0) is 19.3. The molecule has 0 amide bonds. The van der Waals surface area contributed by atoms with Crippen LogP contribution in [0.15, 0.2) is 45.5 Å². The van der Waals surface area contributed by atoms with Gasteiger partial charge in [-0.05, 0) is 53.9 Å². The summed E-state index contributed by atoms with van der Waals surface area (Å²) in [6.45, 7) is 6.19. The Labute approximate surface area is 161 Å². The van der Waals surface area contributed by atoms with Crippen LogP contribution in [0.1, 0.15) is 38.7 Å². The van der Waals surface area contributed by atoms with Crippen LogP contribution in [0.25, 0.3) is 0 Å². The lowest BCUT2D eigenvalue weighted by molar-refractivity contribution is -0.139. The van der Waals surface area contributed by atoms with Crippen molar-refractivity contribution in [2.45, 2.75) is 33.1 Å². The maximum Gasteiger partial charge on any atom is 0.338 e. The van der Waals surface area contributed by atoms with Crippen LogP contribution in [0.5, 0.6) is 5.75 Å². The van der Waals surface area contributed by atoms with Gasteiger partial charge in [-0.2, -0.15) is 5.26 Å². The first-order valence-corrected chi connectivity index (χ1v) is 9.11. The summed E-state index contributed by atoms with van der Waals surface area (Å²) in [5.41, 5.74) is 7.05. The molecule has 6 nitrogen and oxygen atoms in total. The Hall–Kier alpha value is -2.46. The fraction of sp³-hybridized carbons (Fsp3) is 0.368. The third-order valence-corrected chi connectivity index (χ3v) is 4.47. The summed E-state index contributed by atoms with van der Waals surface area (Å²) in [6, 6.07) is 7.48. The van der Waals surface area contributed by atoms with Crippen LogP contribution in [0, 0.1) is 11.3 Å². The van der Waals surface area contributed by atoms with Gasteiger partial charge < -0.3 is 19.9 Å². The highest BCUT2D eigenvalue weighted by Gasteiger charge is 2.36. The summed E-state index contributed by atoms with van der Waals surface area (Å²) >= 11 is 3.49. The lowest BCUT2D eigenvalue weighted by Gasteiger charge is -2.27. The fourth-order valence-corrected chi connectivity index (χ4v) is 3.22. The van der Waals surface area contributed by atoms with Gasteiger partial charge in [0.15, 0.2) is 0 Å². The van der Waals surface area contributed by atoms with Crippen LogP contribution in [0.4, 0.5) is 0 Å². The highest BCUT2D eigenvalue weighted by atomic mass is 79.9. The number of carbonyl (C=O) groups is 1. The van der Waals surface area contributed by atoms with Gasteiger partial charge in [0.1, 0.15) is 23.2 Å². The average molecular weight is 421 g/mol. The van der Waals surface area contributed by atoms with Crippen molar-refractivity contribution in [1.82, 2.24) is 0 Å². The van der Waals surface area contributed by atoms with Gasteiger partial charge in [0, 0.05) is 0 Å². The van der Waals surface area contributed by atoms with E-state index in [1.54, 1.807) is 19.9 Å². The Balaban J connectivity index is 2.53. The van der Waals surface area contributed by atoms with Crippen molar-refractivity contribution < 1.29 is 19.0 Å². The third-order valence-electron chi connectivity index (χ3n) is 3.85. The molecule has 0 bridgehead atoms. The van der Waals surface area contributed by atoms with Crippen LogP contribution in [-0.4, -0.2) is 19.2 Å². The van der Waals surface area contributed by atoms with Gasteiger partial charge >= 0.3 is 5.97 Å². The maximum absolute atomic E-state index is 12.5. The third kappa shape index (κ3) is 4.02. The second-order valence-electron chi connectivity index (χ2n) is 5.65. The first kappa shape index (κ1) is 19.9.